The van der Waals surface area contributed by atoms with Crippen molar-refractivity contribution in [2.24, 2.45) is 5.14 Å². The maximum atomic E-state index is 11.4. The fourth-order valence-electron chi connectivity index (χ4n) is 1.63. The van der Waals surface area contributed by atoms with Crippen LogP contribution in [0.3, 0.4) is 0 Å². The molecule has 5 heteroatoms. The zero-order chi connectivity index (χ0) is 14.1. The molecule has 0 aliphatic heterocycles. The molecule has 0 aliphatic rings. The number of sulfonamides is 1. The van der Waals surface area contributed by atoms with E-state index in [2.05, 4.69) is 0 Å². The van der Waals surface area contributed by atoms with E-state index >= 15 is 0 Å². The van der Waals surface area contributed by atoms with Gasteiger partial charge in [0.1, 0.15) is 5.75 Å². The van der Waals surface area contributed by atoms with Gasteiger partial charge in [0.15, 0.2) is 0 Å². The van der Waals surface area contributed by atoms with Gasteiger partial charge in [-0.3, -0.25) is 0 Å². The lowest BCUT2D eigenvalue weighted by molar-refractivity contribution is 0.236. The minimum Gasteiger partial charge on any atom is -0.491 e. The van der Waals surface area contributed by atoms with Crippen LogP contribution >= 0.6 is 0 Å². The van der Waals surface area contributed by atoms with Gasteiger partial charge in [-0.05, 0) is 37.5 Å². The Bertz CT molecular complexity index is 528. The number of nitrogens with two attached hydrogens (primary N) is 1. The van der Waals surface area contributed by atoms with Crippen LogP contribution in [0, 0.1) is 0 Å². The van der Waals surface area contributed by atoms with E-state index in [-0.39, 0.29) is 16.4 Å². The Morgan fingerprint density at radius 3 is 2.17 bits per heavy atom. The van der Waals surface area contributed by atoms with Crippen molar-refractivity contribution in [3.63, 3.8) is 0 Å². The van der Waals surface area contributed by atoms with Gasteiger partial charge in [0.2, 0.25) is 10.0 Å². The molecule has 0 aromatic heterocycles. The molecule has 18 heavy (non-hydrogen) atoms. The first-order valence-electron chi connectivity index (χ1n) is 5.86. The Balaban J connectivity index is 3.39. The highest BCUT2D eigenvalue weighted by atomic mass is 32.2. The summed E-state index contributed by atoms with van der Waals surface area (Å²) < 4.78 is 28.5. The molecule has 2 N–H and O–H groups in total. The standard InChI is InChI=1S/C13H21NO3S/c1-9(2)17-12-7-6-10(18(14,15)16)8-11(12)13(3,4)5/h6-9H,1-5H3,(H2,14,15,16). The van der Waals surface area contributed by atoms with Crippen LogP contribution in [0.25, 0.3) is 0 Å². The summed E-state index contributed by atoms with van der Waals surface area (Å²) in [6.07, 6.45) is 0.0337. The first-order valence-corrected chi connectivity index (χ1v) is 7.40. The average molecular weight is 271 g/mol. The molecule has 0 atom stereocenters. The summed E-state index contributed by atoms with van der Waals surface area (Å²) in [6.45, 7) is 9.87. The van der Waals surface area contributed by atoms with E-state index in [1.807, 2.05) is 34.6 Å². The molecule has 1 rings (SSSR count). The third-order valence-corrected chi connectivity index (χ3v) is 3.36. The zero-order valence-electron chi connectivity index (χ0n) is 11.5. The van der Waals surface area contributed by atoms with Crippen molar-refractivity contribution in [3.05, 3.63) is 23.8 Å². The van der Waals surface area contributed by atoms with E-state index in [1.165, 1.54) is 6.07 Å². The molecule has 1 aromatic carbocycles. The molecule has 0 heterocycles. The largest absolute Gasteiger partial charge is 0.491 e. The highest BCUT2D eigenvalue weighted by Crippen LogP contribution is 2.33. The topological polar surface area (TPSA) is 69.4 Å². The van der Waals surface area contributed by atoms with Crippen LogP contribution in [0.15, 0.2) is 23.1 Å². The van der Waals surface area contributed by atoms with E-state index in [1.54, 1.807) is 12.1 Å². The quantitative estimate of drug-likeness (QED) is 0.917. The third kappa shape index (κ3) is 3.71. The summed E-state index contributed by atoms with van der Waals surface area (Å²) in [6, 6.07) is 4.73. The number of primary sulfonamides is 1. The Labute approximate surface area is 109 Å². The first-order chi connectivity index (χ1) is 8.01. The number of hydrogen-bond acceptors (Lipinski definition) is 3. The van der Waals surface area contributed by atoms with E-state index in [0.29, 0.717) is 5.75 Å². The van der Waals surface area contributed by atoms with Gasteiger partial charge in [-0.2, -0.15) is 0 Å². The molecule has 0 bridgehead atoms. The number of hydrogen-bond donors (Lipinski definition) is 1. The minimum atomic E-state index is -3.69. The first kappa shape index (κ1) is 15.0. The molecule has 0 spiro atoms. The monoisotopic (exact) mass is 271 g/mol. The second-order valence-corrected chi connectivity index (χ2v) is 7.18. The van der Waals surface area contributed by atoms with Gasteiger partial charge in [0, 0.05) is 5.56 Å². The maximum Gasteiger partial charge on any atom is 0.238 e. The predicted molar refractivity (Wildman–Crippen MR) is 72.3 cm³/mol. The van der Waals surface area contributed by atoms with Crippen molar-refractivity contribution < 1.29 is 13.2 Å². The van der Waals surface area contributed by atoms with Crippen molar-refractivity contribution in [2.45, 2.75) is 51.0 Å². The third-order valence-electron chi connectivity index (χ3n) is 2.45. The van der Waals surface area contributed by atoms with Crippen LogP contribution < -0.4 is 9.88 Å². The molecule has 0 amide bonds. The summed E-state index contributed by atoms with van der Waals surface area (Å²) in [5.41, 5.74) is 0.619. The van der Waals surface area contributed by atoms with Gasteiger partial charge in [-0.25, -0.2) is 13.6 Å². The molecular weight excluding hydrogens is 250 g/mol. The molecule has 0 fully saturated rings. The Hall–Kier alpha value is -1.07. The molecule has 0 radical (unpaired) electrons. The highest BCUT2D eigenvalue weighted by Gasteiger charge is 2.22. The van der Waals surface area contributed by atoms with Crippen LogP contribution in [-0.2, 0) is 15.4 Å². The van der Waals surface area contributed by atoms with Crippen LogP contribution in [-0.4, -0.2) is 14.5 Å². The minimum absolute atomic E-state index is 0.0337. The SMILES string of the molecule is CC(C)Oc1ccc(S(N)(=O)=O)cc1C(C)(C)C. The van der Waals surface area contributed by atoms with E-state index < -0.39 is 10.0 Å². The summed E-state index contributed by atoms with van der Waals surface area (Å²) in [5.74, 6) is 0.699. The normalized spacial score (nSPS) is 12.8. The predicted octanol–water partition coefficient (Wildman–Crippen LogP) is 2.42. The molecule has 102 valence electrons. The molecule has 0 saturated heterocycles. The van der Waals surface area contributed by atoms with Crippen molar-refractivity contribution in [1.82, 2.24) is 0 Å². The smallest absolute Gasteiger partial charge is 0.238 e. The van der Waals surface area contributed by atoms with Gasteiger partial charge >= 0.3 is 0 Å². The van der Waals surface area contributed by atoms with Gasteiger partial charge in [0.05, 0.1) is 11.0 Å². The number of ether oxygens (including phenoxy) is 1. The molecular formula is C13H21NO3S. The summed E-state index contributed by atoms with van der Waals surface area (Å²) >= 11 is 0. The highest BCUT2D eigenvalue weighted by molar-refractivity contribution is 7.89. The summed E-state index contributed by atoms with van der Waals surface area (Å²) in [7, 11) is -3.69. The van der Waals surface area contributed by atoms with Crippen molar-refractivity contribution in [3.8, 4) is 5.75 Å². The Kier molecular flexibility index (Phi) is 4.08. The van der Waals surface area contributed by atoms with Gasteiger partial charge in [0.25, 0.3) is 0 Å². The van der Waals surface area contributed by atoms with Gasteiger partial charge < -0.3 is 4.74 Å². The number of benzene rings is 1. The van der Waals surface area contributed by atoms with E-state index in [4.69, 9.17) is 9.88 Å². The molecule has 0 saturated carbocycles. The average Bonchev–Trinajstić information content (AvgIpc) is 2.13. The van der Waals surface area contributed by atoms with E-state index in [9.17, 15) is 8.42 Å². The second kappa shape index (κ2) is 4.90. The molecule has 0 aliphatic carbocycles. The maximum absolute atomic E-state index is 11.4. The van der Waals surface area contributed by atoms with Gasteiger partial charge in [-0.1, -0.05) is 20.8 Å². The van der Waals surface area contributed by atoms with Crippen LogP contribution in [0.1, 0.15) is 40.2 Å². The Morgan fingerprint density at radius 1 is 1.22 bits per heavy atom. The molecule has 0 unspecified atom stereocenters. The van der Waals surface area contributed by atoms with Crippen LogP contribution in [0.2, 0.25) is 0 Å². The lowest BCUT2D eigenvalue weighted by Crippen LogP contribution is -2.18. The molecule has 1 aromatic rings. The van der Waals surface area contributed by atoms with Crippen LogP contribution in [0.5, 0.6) is 5.75 Å². The summed E-state index contributed by atoms with van der Waals surface area (Å²) in [4.78, 5) is 0.114. The lowest BCUT2D eigenvalue weighted by atomic mass is 9.86. The fraction of sp³-hybridized carbons (Fsp3) is 0.538. The van der Waals surface area contributed by atoms with Crippen molar-refractivity contribution >= 4 is 10.0 Å². The summed E-state index contributed by atoms with van der Waals surface area (Å²) in [5, 5.41) is 5.15. The van der Waals surface area contributed by atoms with Crippen molar-refractivity contribution in [2.75, 3.05) is 0 Å². The van der Waals surface area contributed by atoms with E-state index in [0.717, 1.165) is 5.56 Å². The van der Waals surface area contributed by atoms with Crippen LogP contribution in [0.4, 0.5) is 0 Å². The number of rotatable bonds is 3. The zero-order valence-corrected chi connectivity index (χ0v) is 12.3. The lowest BCUT2D eigenvalue weighted by Gasteiger charge is -2.24. The fourth-order valence-corrected chi connectivity index (χ4v) is 2.17. The van der Waals surface area contributed by atoms with Crippen molar-refractivity contribution in [1.29, 1.82) is 0 Å². The van der Waals surface area contributed by atoms with Gasteiger partial charge in [-0.15, -0.1) is 0 Å². The Morgan fingerprint density at radius 2 is 1.78 bits per heavy atom. The second-order valence-electron chi connectivity index (χ2n) is 5.62. The molecule has 4 nitrogen and oxygen atoms in total.